The summed E-state index contributed by atoms with van der Waals surface area (Å²) in [5.74, 6) is 4.04. The molecule has 2 rings (SSSR count). The molecule has 120 valence electrons. The minimum atomic E-state index is -0.950. The van der Waals surface area contributed by atoms with Crippen molar-refractivity contribution in [2.75, 3.05) is 13.7 Å². The zero-order chi connectivity index (χ0) is 16.5. The molecule has 0 fully saturated rings. The predicted molar refractivity (Wildman–Crippen MR) is 88.1 cm³/mol. The molecular formula is C19H20O4. The first-order valence-corrected chi connectivity index (χ1v) is 7.39. The van der Waals surface area contributed by atoms with E-state index < -0.39 is 6.10 Å². The van der Waals surface area contributed by atoms with Crippen LogP contribution in [0.25, 0.3) is 0 Å². The topological polar surface area (TPSA) is 47.9 Å². The molecule has 4 heteroatoms. The highest BCUT2D eigenvalue weighted by atomic mass is 16.5. The van der Waals surface area contributed by atoms with Gasteiger partial charge in [0, 0.05) is 5.56 Å². The van der Waals surface area contributed by atoms with Gasteiger partial charge < -0.3 is 19.3 Å². The van der Waals surface area contributed by atoms with E-state index in [1.54, 1.807) is 13.2 Å². The Bertz CT molecular complexity index is 668. The minimum absolute atomic E-state index is 0.395. The maximum Gasteiger partial charge on any atom is 0.147 e. The molecule has 0 aliphatic carbocycles. The molecule has 1 N–H and O–H groups in total. The number of para-hydroxylation sites is 1. The Labute approximate surface area is 136 Å². The number of aliphatic hydroxyl groups is 1. The zero-order valence-corrected chi connectivity index (χ0v) is 13.3. The number of rotatable bonds is 6. The molecule has 0 saturated carbocycles. The normalized spacial score (nSPS) is 11.1. The molecular weight excluding hydrogens is 292 g/mol. The smallest absolute Gasteiger partial charge is 0.147 e. The summed E-state index contributed by atoms with van der Waals surface area (Å²) in [6.07, 6.45) is 1.53. The largest absolute Gasteiger partial charge is 0.497 e. The highest BCUT2D eigenvalue weighted by Crippen LogP contribution is 2.25. The maximum atomic E-state index is 10.1. The minimum Gasteiger partial charge on any atom is -0.497 e. The number of aliphatic hydroxyl groups excluding tert-OH is 1. The molecule has 23 heavy (non-hydrogen) atoms. The third kappa shape index (κ3) is 4.94. The highest BCUT2D eigenvalue weighted by molar-refractivity contribution is 5.38. The van der Waals surface area contributed by atoms with Gasteiger partial charge in [-0.25, -0.2) is 0 Å². The van der Waals surface area contributed by atoms with E-state index in [0.29, 0.717) is 24.5 Å². The van der Waals surface area contributed by atoms with Crippen molar-refractivity contribution in [1.29, 1.82) is 0 Å². The summed E-state index contributed by atoms with van der Waals surface area (Å²) in [6.45, 7) is 2.72. The fourth-order valence-electron chi connectivity index (χ4n) is 1.97. The van der Waals surface area contributed by atoms with Crippen LogP contribution in [-0.4, -0.2) is 18.8 Å². The highest BCUT2D eigenvalue weighted by Gasteiger charge is 2.11. The molecule has 2 aromatic rings. The Morgan fingerprint density at radius 2 is 1.83 bits per heavy atom. The Kier molecular flexibility index (Phi) is 6.34. The zero-order valence-electron chi connectivity index (χ0n) is 13.3. The molecule has 0 heterocycles. The molecule has 0 saturated heterocycles. The van der Waals surface area contributed by atoms with Gasteiger partial charge >= 0.3 is 0 Å². The first-order chi connectivity index (χ1) is 11.2. The Hall–Kier alpha value is -2.64. The maximum absolute atomic E-state index is 10.1. The van der Waals surface area contributed by atoms with Crippen LogP contribution in [0.5, 0.6) is 11.5 Å². The lowest BCUT2D eigenvalue weighted by atomic mass is 10.1. The van der Waals surface area contributed by atoms with Crippen molar-refractivity contribution in [2.45, 2.75) is 19.6 Å². The van der Waals surface area contributed by atoms with Crippen molar-refractivity contribution in [1.82, 2.24) is 0 Å². The van der Waals surface area contributed by atoms with E-state index in [4.69, 9.17) is 14.2 Å². The molecule has 0 aliphatic heterocycles. The van der Waals surface area contributed by atoms with E-state index in [2.05, 4.69) is 12.0 Å². The lowest BCUT2D eigenvalue weighted by Crippen LogP contribution is -2.02. The summed E-state index contributed by atoms with van der Waals surface area (Å²) in [5.41, 5.74) is 1.63. The number of hydrogen-bond donors (Lipinski definition) is 1. The first kappa shape index (κ1) is 16.7. The van der Waals surface area contributed by atoms with E-state index in [1.807, 2.05) is 49.4 Å². The van der Waals surface area contributed by atoms with Crippen molar-refractivity contribution in [3.05, 3.63) is 59.7 Å². The van der Waals surface area contributed by atoms with Crippen LogP contribution >= 0.6 is 0 Å². The van der Waals surface area contributed by atoms with Crippen LogP contribution in [0, 0.1) is 12.0 Å². The van der Waals surface area contributed by atoms with Crippen molar-refractivity contribution < 1.29 is 19.3 Å². The molecule has 2 aromatic carbocycles. The molecule has 0 radical (unpaired) electrons. The van der Waals surface area contributed by atoms with Crippen molar-refractivity contribution in [3.8, 4) is 23.5 Å². The second-order valence-corrected chi connectivity index (χ2v) is 4.76. The van der Waals surface area contributed by atoms with Gasteiger partial charge in [-0.1, -0.05) is 30.3 Å². The number of methoxy groups -OCH3 is 1. The van der Waals surface area contributed by atoms with Crippen LogP contribution in [0.3, 0.4) is 0 Å². The van der Waals surface area contributed by atoms with E-state index >= 15 is 0 Å². The van der Waals surface area contributed by atoms with Crippen LogP contribution in [0.1, 0.15) is 24.2 Å². The fourth-order valence-corrected chi connectivity index (χ4v) is 1.97. The van der Waals surface area contributed by atoms with Gasteiger partial charge in [-0.05, 0) is 36.6 Å². The molecule has 1 atom stereocenters. The third-order valence-corrected chi connectivity index (χ3v) is 3.18. The van der Waals surface area contributed by atoms with Crippen LogP contribution < -0.4 is 9.47 Å². The number of benzene rings is 2. The van der Waals surface area contributed by atoms with E-state index in [-0.39, 0.29) is 0 Å². The summed E-state index contributed by atoms with van der Waals surface area (Å²) in [7, 11) is 1.63. The Balaban J connectivity index is 2.06. The number of ether oxygens (including phenoxy) is 3. The van der Waals surface area contributed by atoms with Gasteiger partial charge in [0.1, 0.15) is 30.3 Å². The lowest BCUT2D eigenvalue weighted by molar-refractivity contribution is 0.221. The summed E-state index contributed by atoms with van der Waals surface area (Å²) < 4.78 is 15.9. The van der Waals surface area contributed by atoms with Gasteiger partial charge in [-0.3, -0.25) is 0 Å². The standard InChI is InChI=1S/C19H20O4/c1-3-22-13-12-18(20)17-6-4-5-7-19(17)23-14-15-8-10-16(21-2)11-9-15/h4-11,18,20H,3,14H2,1-2H3. The summed E-state index contributed by atoms with van der Waals surface area (Å²) in [4.78, 5) is 0. The van der Waals surface area contributed by atoms with Gasteiger partial charge in [0.15, 0.2) is 0 Å². The molecule has 0 aliphatic rings. The summed E-state index contributed by atoms with van der Waals surface area (Å²) in [6, 6.07) is 14.9. The first-order valence-electron chi connectivity index (χ1n) is 7.39. The van der Waals surface area contributed by atoms with Gasteiger partial charge in [0.25, 0.3) is 0 Å². The average molecular weight is 312 g/mol. The second-order valence-electron chi connectivity index (χ2n) is 4.76. The summed E-state index contributed by atoms with van der Waals surface area (Å²) in [5, 5.41) is 10.1. The van der Waals surface area contributed by atoms with Crippen LogP contribution in [0.4, 0.5) is 0 Å². The SMILES string of the molecule is CCOC#CC(O)c1ccccc1OCc1ccc(OC)cc1. The van der Waals surface area contributed by atoms with E-state index in [9.17, 15) is 5.11 Å². The van der Waals surface area contributed by atoms with Crippen LogP contribution in [0.15, 0.2) is 48.5 Å². The quantitative estimate of drug-likeness (QED) is 0.831. The monoisotopic (exact) mass is 312 g/mol. The molecule has 0 amide bonds. The van der Waals surface area contributed by atoms with Crippen molar-refractivity contribution >= 4 is 0 Å². The fraction of sp³-hybridized carbons (Fsp3) is 0.263. The molecule has 1 unspecified atom stereocenters. The van der Waals surface area contributed by atoms with Crippen molar-refractivity contribution in [3.63, 3.8) is 0 Å². The van der Waals surface area contributed by atoms with Gasteiger partial charge in [-0.2, -0.15) is 0 Å². The Morgan fingerprint density at radius 1 is 1.09 bits per heavy atom. The molecule has 0 aromatic heterocycles. The van der Waals surface area contributed by atoms with Gasteiger partial charge in [-0.15, -0.1) is 0 Å². The van der Waals surface area contributed by atoms with Crippen molar-refractivity contribution in [2.24, 2.45) is 0 Å². The van der Waals surface area contributed by atoms with Gasteiger partial charge in [0.05, 0.1) is 13.7 Å². The lowest BCUT2D eigenvalue weighted by Gasteiger charge is -2.13. The Morgan fingerprint density at radius 3 is 2.52 bits per heavy atom. The molecule has 0 bridgehead atoms. The summed E-state index contributed by atoms with van der Waals surface area (Å²) >= 11 is 0. The van der Waals surface area contributed by atoms with Crippen LogP contribution in [0.2, 0.25) is 0 Å². The molecule has 0 spiro atoms. The number of hydrogen-bond acceptors (Lipinski definition) is 4. The molecule has 4 nitrogen and oxygen atoms in total. The van der Waals surface area contributed by atoms with Gasteiger partial charge in [0.2, 0.25) is 0 Å². The second kappa shape index (κ2) is 8.72. The van der Waals surface area contributed by atoms with E-state index in [0.717, 1.165) is 11.3 Å². The average Bonchev–Trinajstić information content (AvgIpc) is 2.60. The third-order valence-electron chi connectivity index (χ3n) is 3.18. The van der Waals surface area contributed by atoms with Crippen LogP contribution in [-0.2, 0) is 11.3 Å². The van der Waals surface area contributed by atoms with E-state index in [1.165, 1.54) is 0 Å². The predicted octanol–water partition coefficient (Wildman–Crippen LogP) is 3.31.